The smallest absolute Gasteiger partial charge is 0.272 e. The fourth-order valence-electron chi connectivity index (χ4n) is 2.80. The van der Waals surface area contributed by atoms with Gasteiger partial charge in [-0.25, -0.2) is 4.98 Å². The van der Waals surface area contributed by atoms with Crippen LogP contribution in [0.2, 0.25) is 5.02 Å². The zero-order valence-electron chi connectivity index (χ0n) is 16.2. The molecule has 1 saturated heterocycles. The minimum absolute atomic E-state index is 0.0469. The van der Waals surface area contributed by atoms with E-state index in [1.54, 1.807) is 18.5 Å². The van der Waals surface area contributed by atoms with Gasteiger partial charge in [-0.1, -0.05) is 43.6 Å². The van der Waals surface area contributed by atoms with Crippen LogP contribution in [0.1, 0.15) is 42.7 Å². The van der Waals surface area contributed by atoms with E-state index in [-0.39, 0.29) is 5.91 Å². The molecule has 4 nitrogen and oxygen atoms in total. The summed E-state index contributed by atoms with van der Waals surface area (Å²) in [4.78, 5) is 22.7. The third-order valence-electron chi connectivity index (χ3n) is 4.13. The van der Waals surface area contributed by atoms with Crippen molar-refractivity contribution in [2.45, 2.75) is 33.6 Å². The molecular formula is C22H26ClN3O. The Kier molecular flexibility index (Phi) is 8.21. The third kappa shape index (κ3) is 5.76. The maximum absolute atomic E-state index is 12.2. The fourth-order valence-corrected chi connectivity index (χ4v) is 2.94. The Morgan fingerprint density at radius 1 is 1.00 bits per heavy atom. The number of likely N-dealkylation sites (tertiary alicyclic amines) is 1. The minimum atomic E-state index is 0.0469. The number of fused-ring (bicyclic) bond motifs is 1. The number of carbonyl (C=O) groups excluding carboxylic acids is 1. The topological polar surface area (TPSA) is 46.1 Å². The van der Waals surface area contributed by atoms with Crippen molar-refractivity contribution >= 4 is 28.4 Å². The molecule has 3 heterocycles. The number of hydrogen-bond donors (Lipinski definition) is 0. The molecule has 0 spiro atoms. The number of aromatic nitrogens is 2. The van der Waals surface area contributed by atoms with Crippen molar-refractivity contribution < 1.29 is 4.79 Å². The van der Waals surface area contributed by atoms with E-state index < -0.39 is 0 Å². The van der Waals surface area contributed by atoms with Gasteiger partial charge in [0.05, 0.1) is 5.52 Å². The van der Waals surface area contributed by atoms with Gasteiger partial charge in [-0.3, -0.25) is 9.78 Å². The third-order valence-corrected chi connectivity index (χ3v) is 4.38. The summed E-state index contributed by atoms with van der Waals surface area (Å²) in [6, 6.07) is 13.2. The molecule has 0 radical (unpaired) electrons. The molecule has 0 bridgehead atoms. The van der Waals surface area contributed by atoms with E-state index in [0.29, 0.717) is 5.69 Å². The number of amides is 1. The number of halogens is 1. The SMILES string of the molecule is CC.Cc1cncc2ccc(C(=O)N3CCCC3)nc12.Clc1ccccc1. The summed E-state index contributed by atoms with van der Waals surface area (Å²) in [7, 11) is 0. The molecule has 142 valence electrons. The van der Waals surface area contributed by atoms with Crippen molar-refractivity contribution in [3.8, 4) is 0 Å². The first-order chi connectivity index (χ1) is 13.1. The van der Waals surface area contributed by atoms with E-state index in [0.717, 1.165) is 47.4 Å². The largest absolute Gasteiger partial charge is 0.337 e. The summed E-state index contributed by atoms with van der Waals surface area (Å²) in [5, 5.41) is 1.77. The molecule has 1 aliphatic rings. The van der Waals surface area contributed by atoms with E-state index in [1.807, 2.05) is 62.1 Å². The quantitative estimate of drug-likeness (QED) is 0.554. The van der Waals surface area contributed by atoms with Gasteiger partial charge >= 0.3 is 0 Å². The van der Waals surface area contributed by atoms with Crippen LogP contribution in [0.3, 0.4) is 0 Å². The van der Waals surface area contributed by atoms with Crippen LogP contribution < -0.4 is 0 Å². The van der Waals surface area contributed by atoms with E-state index in [4.69, 9.17) is 11.6 Å². The van der Waals surface area contributed by atoms with Gasteiger partial charge in [0.15, 0.2) is 0 Å². The van der Waals surface area contributed by atoms with Gasteiger partial charge in [-0.15, -0.1) is 0 Å². The molecule has 2 aromatic heterocycles. The van der Waals surface area contributed by atoms with Gasteiger partial charge in [-0.2, -0.15) is 0 Å². The standard InChI is InChI=1S/C14H15N3O.C6H5Cl.C2H6/c1-10-8-15-9-11-4-5-12(16-13(10)11)14(18)17-6-2-3-7-17;7-6-4-2-1-3-5-6;1-2/h4-5,8-9H,2-3,6-7H2,1H3;1-5H;1-2H3. The molecule has 1 aliphatic heterocycles. The first-order valence-electron chi connectivity index (χ1n) is 9.36. The summed E-state index contributed by atoms with van der Waals surface area (Å²) in [6.07, 6.45) is 5.75. The number of carbonyl (C=O) groups is 1. The van der Waals surface area contributed by atoms with Crippen LogP contribution in [0.4, 0.5) is 0 Å². The molecule has 5 heteroatoms. The molecule has 1 aromatic carbocycles. The summed E-state index contributed by atoms with van der Waals surface area (Å²) in [5.74, 6) is 0.0469. The molecule has 0 aliphatic carbocycles. The normalized spacial score (nSPS) is 12.7. The summed E-state index contributed by atoms with van der Waals surface area (Å²) < 4.78 is 0. The van der Waals surface area contributed by atoms with Gasteiger partial charge in [0, 0.05) is 35.9 Å². The number of pyridine rings is 2. The highest BCUT2D eigenvalue weighted by atomic mass is 35.5. The number of benzene rings is 1. The molecule has 27 heavy (non-hydrogen) atoms. The first kappa shape index (κ1) is 20.8. The number of rotatable bonds is 1. The lowest BCUT2D eigenvalue weighted by Gasteiger charge is -2.14. The number of aryl methyl sites for hydroxylation is 1. The predicted octanol–water partition coefficient (Wildman–Crippen LogP) is 5.54. The highest BCUT2D eigenvalue weighted by molar-refractivity contribution is 6.30. The van der Waals surface area contributed by atoms with Gasteiger partial charge in [0.1, 0.15) is 5.69 Å². The molecule has 3 aromatic rings. The lowest BCUT2D eigenvalue weighted by atomic mass is 10.2. The Balaban J connectivity index is 0.000000244. The maximum Gasteiger partial charge on any atom is 0.272 e. The monoisotopic (exact) mass is 383 g/mol. The molecule has 1 amide bonds. The summed E-state index contributed by atoms with van der Waals surface area (Å²) in [5.41, 5.74) is 2.41. The Morgan fingerprint density at radius 3 is 2.26 bits per heavy atom. The van der Waals surface area contributed by atoms with Crippen molar-refractivity contribution in [2.24, 2.45) is 0 Å². The zero-order chi connectivity index (χ0) is 19.6. The Morgan fingerprint density at radius 2 is 1.67 bits per heavy atom. The molecular weight excluding hydrogens is 358 g/mol. The van der Waals surface area contributed by atoms with Crippen LogP contribution in [0.15, 0.2) is 54.9 Å². The van der Waals surface area contributed by atoms with Crippen molar-refractivity contribution in [2.75, 3.05) is 13.1 Å². The van der Waals surface area contributed by atoms with Crippen molar-refractivity contribution in [3.63, 3.8) is 0 Å². The summed E-state index contributed by atoms with van der Waals surface area (Å²) in [6.45, 7) is 7.67. The molecule has 0 atom stereocenters. The molecule has 0 N–H and O–H groups in total. The van der Waals surface area contributed by atoms with Crippen LogP contribution in [0.5, 0.6) is 0 Å². The van der Waals surface area contributed by atoms with E-state index >= 15 is 0 Å². The second-order valence-electron chi connectivity index (χ2n) is 6.02. The number of nitrogens with zero attached hydrogens (tertiary/aromatic N) is 3. The van der Waals surface area contributed by atoms with Crippen LogP contribution in [-0.4, -0.2) is 33.9 Å². The Hall–Kier alpha value is -2.46. The highest BCUT2D eigenvalue weighted by Crippen LogP contribution is 2.17. The molecule has 1 fully saturated rings. The fraction of sp³-hybridized carbons (Fsp3) is 0.318. The van der Waals surface area contributed by atoms with Crippen LogP contribution in [-0.2, 0) is 0 Å². The van der Waals surface area contributed by atoms with Gasteiger partial charge < -0.3 is 4.90 Å². The van der Waals surface area contributed by atoms with Crippen molar-refractivity contribution in [1.82, 2.24) is 14.9 Å². The molecule has 0 unspecified atom stereocenters. The second kappa shape index (κ2) is 10.6. The Bertz CT molecular complexity index is 862. The van der Waals surface area contributed by atoms with Crippen LogP contribution in [0, 0.1) is 6.92 Å². The molecule has 4 rings (SSSR count). The molecule has 0 saturated carbocycles. The zero-order valence-corrected chi connectivity index (χ0v) is 16.9. The van der Waals surface area contributed by atoms with Crippen molar-refractivity contribution in [1.29, 1.82) is 0 Å². The average Bonchev–Trinajstić information content (AvgIpc) is 3.25. The van der Waals surface area contributed by atoms with E-state index in [2.05, 4.69) is 9.97 Å². The van der Waals surface area contributed by atoms with Gasteiger partial charge in [0.25, 0.3) is 5.91 Å². The van der Waals surface area contributed by atoms with Crippen LogP contribution in [0.25, 0.3) is 10.9 Å². The van der Waals surface area contributed by atoms with E-state index in [1.165, 1.54) is 0 Å². The van der Waals surface area contributed by atoms with Crippen molar-refractivity contribution in [3.05, 3.63) is 71.1 Å². The number of hydrogen-bond acceptors (Lipinski definition) is 3. The maximum atomic E-state index is 12.2. The van der Waals surface area contributed by atoms with E-state index in [9.17, 15) is 4.79 Å². The van der Waals surface area contributed by atoms with Gasteiger partial charge in [-0.05, 0) is 49.6 Å². The highest BCUT2D eigenvalue weighted by Gasteiger charge is 2.20. The predicted molar refractivity (Wildman–Crippen MR) is 112 cm³/mol. The van der Waals surface area contributed by atoms with Gasteiger partial charge in [0.2, 0.25) is 0 Å². The second-order valence-corrected chi connectivity index (χ2v) is 6.46. The average molecular weight is 384 g/mol. The Labute approximate surface area is 166 Å². The lowest BCUT2D eigenvalue weighted by Crippen LogP contribution is -2.28. The lowest BCUT2D eigenvalue weighted by molar-refractivity contribution is 0.0787. The summed E-state index contributed by atoms with van der Waals surface area (Å²) >= 11 is 5.54. The van der Waals surface area contributed by atoms with Crippen LogP contribution >= 0.6 is 11.6 Å². The first-order valence-corrected chi connectivity index (χ1v) is 9.74. The minimum Gasteiger partial charge on any atom is -0.337 e.